The number of thiophene rings is 1. The van der Waals surface area contributed by atoms with Crippen LogP contribution in [-0.4, -0.2) is 11.4 Å². The average molecular weight is 279 g/mol. The van der Waals surface area contributed by atoms with Crippen LogP contribution in [0.3, 0.4) is 0 Å². The Hall–Kier alpha value is -1.03. The van der Waals surface area contributed by atoms with E-state index in [1.807, 2.05) is 23.6 Å². The van der Waals surface area contributed by atoms with Gasteiger partial charge in [-0.15, -0.1) is 11.3 Å². The molecule has 2 aromatic rings. The van der Waals surface area contributed by atoms with Crippen LogP contribution in [0.15, 0.2) is 29.6 Å². The summed E-state index contributed by atoms with van der Waals surface area (Å²) in [6.07, 6.45) is 1.03. The van der Waals surface area contributed by atoms with E-state index in [1.54, 1.807) is 11.3 Å². The highest BCUT2D eigenvalue weighted by Gasteiger charge is 2.18. The third-order valence-electron chi connectivity index (χ3n) is 3.44. The van der Waals surface area contributed by atoms with Crippen LogP contribution < -0.4 is 5.73 Å². The summed E-state index contributed by atoms with van der Waals surface area (Å²) >= 11 is 7.88. The van der Waals surface area contributed by atoms with Gasteiger partial charge >= 0.3 is 0 Å². The van der Waals surface area contributed by atoms with Crippen LogP contribution in [0.2, 0.25) is 5.02 Å². The van der Waals surface area contributed by atoms with E-state index in [9.17, 15) is 0 Å². The van der Waals surface area contributed by atoms with Gasteiger partial charge in [-0.25, -0.2) is 0 Å². The van der Waals surface area contributed by atoms with Gasteiger partial charge in [0.1, 0.15) is 0 Å². The zero-order chi connectivity index (χ0) is 12.5. The van der Waals surface area contributed by atoms with Crippen LogP contribution in [-0.2, 0) is 19.5 Å². The molecule has 4 heteroatoms. The average Bonchev–Trinajstić information content (AvgIpc) is 2.75. The fourth-order valence-electron chi connectivity index (χ4n) is 2.47. The molecule has 0 spiro atoms. The first kappa shape index (κ1) is 12.0. The van der Waals surface area contributed by atoms with Crippen LogP contribution in [0.5, 0.6) is 0 Å². The van der Waals surface area contributed by atoms with E-state index in [0.29, 0.717) is 0 Å². The second-order valence-electron chi connectivity index (χ2n) is 4.64. The van der Waals surface area contributed by atoms with Gasteiger partial charge in [0.2, 0.25) is 0 Å². The van der Waals surface area contributed by atoms with Gasteiger partial charge < -0.3 is 5.73 Å². The Balaban J connectivity index is 1.77. The highest BCUT2D eigenvalue weighted by Crippen LogP contribution is 2.28. The Morgan fingerprint density at radius 3 is 3.00 bits per heavy atom. The molecule has 0 bridgehead atoms. The van der Waals surface area contributed by atoms with Crippen molar-refractivity contribution in [3.63, 3.8) is 0 Å². The molecular formula is C14H15ClN2S. The second kappa shape index (κ2) is 4.92. The van der Waals surface area contributed by atoms with Gasteiger partial charge in [-0.05, 0) is 35.1 Å². The molecule has 1 aromatic heterocycles. The lowest BCUT2D eigenvalue weighted by Gasteiger charge is -2.29. The molecule has 1 aliphatic rings. The van der Waals surface area contributed by atoms with E-state index in [2.05, 4.69) is 11.0 Å². The molecule has 0 unspecified atom stereocenters. The highest BCUT2D eigenvalue weighted by molar-refractivity contribution is 7.10. The van der Waals surface area contributed by atoms with E-state index in [0.717, 1.165) is 36.8 Å². The van der Waals surface area contributed by atoms with Gasteiger partial charge in [-0.3, -0.25) is 4.90 Å². The lowest BCUT2D eigenvalue weighted by Crippen LogP contribution is -2.30. The number of nitrogens with zero attached hydrogens (tertiary/aromatic N) is 1. The monoisotopic (exact) mass is 278 g/mol. The number of hydrogen-bond acceptors (Lipinski definition) is 3. The lowest BCUT2D eigenvalue weighted by atomic mass is 9.98. The van der Waals surface area contributed by atoms with Gasteiger partial charge in [0.05, 0.1) is 5.02 Å². The summed E-state index contributed by atoms with van der Waals surface area (Å²) in [6.45, 7) is 2.95. The quantitative estimate of drug-likeness (QED) is 0.852. The predicted octanol–water partition coefficient (Wildman–Crippen LogP) is 3.54. The topological polar surface area (TPSA) is 29.3 Å². The van der Waals surface area contributed by atoms with E-state index in [4.69, 9.17) is 17.3 Å². The number of halogens is 1. The van der Waals surface area contributed by atoms with Crippen molar-refractivity contribution >= 4 is 28.6 Å². The largest absolute Gasteiger partial charge is 0.398 e. The van der Waals surface area contributed by atoms with Crippen molar-refractivity contribution in [2.45, 2.75) is 19.5 Å². The van der Waals surface area contributed by atoms with Crippen molar-refractivity contribution < 1.29 is 0 Å². The molecule has 1 aliphatic heterocycles. The zero-order valence-corrected chi connectivity index (χ0v) is 11.6. The zero-order valence-electron chi connectivity index (χ0n) is 10.0. The van der Waals surface area contributed by atoms with Crippen LogP contribution in [0.4, 0.5) is 5.69 Å². The lowest BCUT2D eigenvalue weighted by molar-refractivity contribution is 0.248. The van der Waals surface area contributed by atoms with E-state index >= 15 is 0 Å². The van der Waals surface area contributed by atoms with Crippen molar-refractivity contribution in [2.24, 2.45) is 0 Å². The molecule has 0 radical (unpaired) electrons. The van der Waals surface area contributed by atoms with Crippen LogP contribution in [0.1, 0.15) is 16.0 Å². The summed E-state index contributed by atoms with van der Waals surface area (Å²) in [4.78, 5) is 3.68. The minimum absolute atomic E-state index is 0.887. The minimum Gasteiger partial charge on any atom is -0.398 e. The molecule has 3 rings (SSSR count). The number of rotatable bonds is 2. The number of nitrogen functional groups attached to an aromatic ring is 1. The molecule has 94 valence electrons. The number of anilines is 1. The summed E-state index contributed by atoms with van der Waals surface area (Å²) < 4.78 is 0. The van der Waals surface area contributed by atoms with Crippen LogP contribution in [0.25, 0.3) is 0 Å². The fourth-order valence-corrected chi connectivity index (χ4v) is 3.61. The SMILES string of the molecule is Nc1cccc2c1CCN(Cc1sccc1Cl)C2. The minimum atomic E-state index is 0.887. The predicted molar refractivity (Wildman–Crippen MR) is 78.0 cm³/mol. The molecule has 18 heavy (non-hydrogen) atoms. The maximum Gasteiger partial charge on any atom is 0.0558 e. The molecule has 0 aliphatic carbocycles. The third-order valence-corrected chi connectivity index (χ3v) is 4.81. The molecule has 0 fully saturated rings. The Morgan fingerprint density at radius 1 is 1.33 bits per heavy atom. The van der Waals surface area contributed by atoms with Crippen molar-refractivity contribution in [1.82, 2.24) is 4.90 Å². The fraction of sp³-hybridized carbons (Fsp3) is 0.286. The van der Waals surface area contributed by atoms with Crippen LogP contribution >= 0.6 is 22.9 Å². The Kier molecular flexibility index (Phi) is 3.29. The highest BCUT2D eigenvalue weighted by atomic mass is 35.5. The second-order valence-corrected chi connectivity index (χ2v) is 6.05. The summed E-state index contributed by atoms with van der Waals surface area (Å²) in [5, 5.41) is 2.94. The van der Waals surface area contributed by atoms with E-state index in [-0.39, 0.29) is 0 Å². The van der Waals surface area contributed by atoms with Gasteiger partial charge in [0.15, 0.2) is 0 Å². The summed E-state index contributed by atoms with van der Waals surface area (Å²) in [6, 6.07) is 8.17. The standard InChI is InChI=1S/C14H15ClN2S/c15-12-5-7-18-14(12)9-17-6-4-11-10(8-17)2-1-3-13(11)16/h1-3,5,7H,4,6,8-9,16H2. The summed E-state index contributed by atoms with van der Waals surface area (Å²) in [7, 11) is 0. The Morgan fingerprint density at radius 2 is 2.22 bits per heavy atom. The number of benzene rings is 1. The molecule has 0 saturated heterocycles. The number of nitrogens with two attached hydrogens (primary N) is 1. The van der Waals surface area contributed by atoms with Gasteiger partial charge in [-0.2, -0.15) is 0 Å². The van der Waals surface area contributed by atoms with E-state index in [1.165, 1.54) is 16.0 Å². The van der Waals surface area contributed by atoms with Crippen LogP contribution in [0, 0.1) is 0 Å². The number of fused-ring (bicyclic) bond motifs is 1. The number of hydrogen-bond donors (Lipinski definition) is 1. The maximum absolute atomic E-state index is 6.15. The molecule has 0 saturated carbocycles. The molecule has 0 amide bonds. The van der Waals surface area contributed by atoms with E-state index < -0.39 is 0 Å². The molecule has 2 nitrogen and oxygen atoms in total. The van der Waals surface area contributed by atoms with Crippen molar-refractivity contribution in [3.05, 3.63) is 50.7 Å². The summed E-state index contributed by atoms with van der Waals surface area (Å²) in [5.74, 6) is 0. The molecule has 1 aromatic carbocycles. The first-order chi connectivity index (χ1) is 8.74. The van der Waals surface area contributed by atoms with Crippen molar-refractivity contribution in [1.29, 1.82) is 0 Å². The molecular weight excluding hydrogens is 264 g/mol. The van der Waals surface area contributed by atoms with Crippen molar-refractivity contribution in [3.8, 4) is 0 Å². The van der Waals surface area contributed by atoms with Crippen molar-refractivity contribution in [2.75, 3.05) is 12.3 Å². The van der Waals surface area contributed by atoms with Gasteiger partial charge in [0, 0.05) is 30.2 Å². The summed E-state index contributed by atoms with van der Waals surface area (Å²) in [5.41, 5.74) is 9.62. The normalized spacial score (nSPS) is 15.6. The van der Waals surface area contributed by atoms with Gasteiger partial charge in [-0.1, -0.05) is 23.7 Å². The molecule has 2 N–H and O–H groups in total. The maximum atomic E-state index is 6.15. The Bertz CT molecular complexity index is 565. The smallest absolute Gasteiger partial charge is 0.0558 e. The third kappa shape index (κ3) is 2.26. The first-order valence-corrected chi connectivity index (χ1v) is 7.30. The first-order valence-electron chi connectivity index (χ1n) is 6.04. The molecule has 2 heterocycles. The Labute approximate surface area is 116 Å². The molecule has 0 atom stereocenters. The van der Waals surface area contributed by atoms with Gasteiger partial charge in [0.25, 0.3) is 0 Å².